The fourth-order valence-electron chi connectivity index (χ4n) is 2.65. The first kappa shape index (κ1) is 19.5. The van der Waals surface area contributed by atoms with Crippen LogP contribution in [0.5, 0.6) is 11.5 Å². The van der Waals surface area contributed by atoms with E-state index in [0.29, 0.717) is 16.2 Å². The quantitative estimate of drug-likeness (QED) is 0.389. The Hall–Kier alpha value is -3.23. The number of furan rings is 1. The number of carbonyl (C=O) groups excluding carboxylic acids is 3. The number of hydrogen-bond donors (Lipinski definition) is 2. The zero-order chi connectivity index (χ0) is 20.6. The largest absolute Gasteiger partial charge is 0.449 e. The maximum Gasteiger partial charge on any atom is 0.328 e. The molecule has 1 aromatic heterocycles. The molecule has 0 amide bonds. The van der Waals surface area contributed by atoms with E-state index in [1.165, 1.54) is 26.8 Å². The standard InChI is InChI=1S/C20H20N2O6/c1-9(21)19(24)27-16-12-6-4-5-7-13(12)17(28-20(25)10(2)22)18-14(16)8-15(26-18)11(3)23/h4-10H,21-22H2,1-3H3/t9-,10?/m0/s1. The summed E-state index contributed by atoms with van der Waals surface area (Å²) >= 11 is 0. The van der Waals surface area contributed by atoms with Gasteiger partial charge in [0.2, 0.25) is 0 Å². The smallest absolute Gasteiger partial charge is 0.328 e. The minimum atomic E-state index is -0.869. The molecule has 0 aliphatic rings. The van der Waals surface area contributed by atoms with Crippen LogP contribution in [-0.4, -0.2) is 29.8 Å². The number of nitrogens with two attached hydrogens (primary N) is 2. The molecule has 0 saturated carbocycles. The van der Waals surface area contributed by atoms with Crippen LogP contribution in [0.1, 0.15) is 31.3 Å². The zero-order valence-corrected chi connectivity index (χ0v) is 15.6. The molecule has 1 unspecified atom stereocenters. The lowest BCUT2D eigenvalue weighted by Gasteiger charge is -2.14. The minimum absolute atomic E-state index is 0.0292. The number of carbonyl (C=O) groups is 3. The molecule has 2 aromatic carbocycles. The lowest BCUT2D eigenvalue weighted by Crippen LogP contribution is -2.31. The highest BCUT2D eigenvalue weighted by molar-refractivity contribution is 6.12. The van der Waals surface area contributed by atoms with Gasteiger partial charge in [0.1, 0.15) is 17.8 Å². The van der Waals surface area contributed by atoms with Crippen LogP contribution in [0, 0.1) is 0 Å². The highest BCUT2D eigenvalue weighted by atomic mass is 16.5. The van der Waals surface area contributed by atoms with Crippen LogP contribution in [0.2, 0.25) is 0 Å². The van der Waals surface area contributed by atoms with Crippen molar-refractivity contribution in [1.29, 1.82) is 0 Å². The van der Waals surface area contributed by atoms with Gasteiger partial charge in [0.15, 0.2) is 22.9 Å². The first-order chi connectivity index (χ1) is 13.2. The molecule has 4 N–H and O–H groups in total. The number of fused-ring (bicyclic) bond motifs is 2. The summed E-state index contributed by atoms with van der Waals surface area (Å²) in [5.41, 5.74) is 11.3. The summed E-state index contributed by atoms with van der Waals surface area (Å²) in [5, 5.41) is 1.26. The fourth-order valence-corrected chi connectivity index (χ4v) is 2.65. The summed E-state index contributed by atoms with van der Waals surface area (Å²) in [6, 6.07) is 6.55. The van der Waals surface area contributed by atoms with E-state index in [-0.39, 0.29) is 28.6 Å². The molecule has 0 saturated heterocycles. The van der Waals surface area contributed by atoms with Gasteiger partial charge in [0.05, 0.1) is 5.39 Å². The number of hydrogen-bond acceptors (Lipinski definition) is 8. The summed E-state index contributed by atoms with van der Waals surface area (Å²) in [6.07, 6.45) is 0. The average Bonchev–Trinajstić information content (AvgIpc) is 3.09. The van der Waals surface area contributed by atoms with Crippen molar-refractivity contribution < 1.29 is 28.3 Å². The monoisotopic (exact) mass is 384 g/mol. The highest BCUT2D eigenvalue weighted by Crippen LogP contribution is 2.44. The van der Waals surface area contributed by atoms with E-state index in [9.17, 15) is 14.4 Å². The van der Waals surface area contributed by atoms with E-state index in [2.05, 4.69) is 0 Å². The number of ether oxygens (including phenoxy) is 2. The lowest BCUT2D eigenvalue weighted by atomic mass is 10.0. The van der Waals surface area contributed by atoms with Gasteiger partial charge in [-0.3, -0.25) is 4.79 Å². The van der Waals surface area contributed by atoms with Gasteiger partial charge in [0.25, 0.3) is 0 Å². The summed E-state index contributed by atoms with van der Waals surface area (Å²) in [4.78, 5) is 36.1. The molecule has 0 radical (unpaired) electrons. The maximum absolute atomic E-state index is 12.1. The second-order valence-electron chi connectivity index (χ2n) is 6.53. The molecule has 8 nitrogen and oxygen atoms in total. The van der Waals surface area contributed by atoms with Crippen LogP contribution >= 0.6 is 0 Å². The van der Waals surface area contributed by atoms with Gasteiger partial charge in [-0.25, -0.2) is 9.59 Å². The molecular formula is C20H20N2O6. The second kappa shape index (κ2) is 7.41. The van der Waals surface area contributed by atoms with Gasteiger partial charge < -0.3 is 25.4 Å². The Bertz CT molecular complexity index is 1020. The Balaban J connectivity index is 2.37. The molecule has 0 aliphatic heterocycles. The predicted molar refractivity (Wildman–Crippen MR) is 102 cm³/mol. The molecule has 1 heterocycles. The summed E-state index contributed by atoms with van der Waals surface area (Å²) in [7, 11) is 0. The van der Waals surface area contributed by atoms with E-state index in [0.717, 1.165) is 0 Å². The number of rotatable bonds is 5. The van der Waals surface area contributed by atoms with E-state index in [1.807, 2.05) is 0 Å². The van der Waals surface area contributed by atoms with E-state index in [1.54, 1.807) is 24.3 Å². The van der Waals surface area contributed by atoms with Crippen molar-refractivity contribution in [3.63, 3.8) is 0 Å². The SMILES string of the molecule is CC(=O)c1cc2c(OC(=O)[C@H](C)N)c3ccccc3c(OC(=O)C(C)N)c2o1. The number of benzene rings is 2. The summed E-state index contributed by atoms with van der Waals surface area (Å²) in [6.45, 7) is 4.32. The summed E-state index contributed by atoms with van der Waals surface area (Å²) in [5.74, 6) is -1.37. The van der Waals surface area contributed by atoms with Crippen molar-refractivity contribution in [3.8, 4) is 11.5 Å². The van der Waals surface area contributed by atoms with Crippen molar-refractivity contribution in [2.75, 3.05) is 0 Å². The Labute approximate surface area is 160 Å². The molecular weight excluding hydrogens is 364 g/mol. The Morgan fingerprint density at radius 2 is 1.39 bits per heavy atom. The molecule has 0 fully saturated rings. The minimum Gasteiger partial charge on any atom is -0.449 e. The third-order valence-electron chi connectivity index (χ3n) is 4.10. The van der Waals surface area contributed by atoms with E-state index >= 15 is 0 Å². The van der Waals surface area contributed by atoms with Crippen molar-refractivity contribution in [1.82, 2.24) is 0 Å². The van der Waals surface area contributed by atoms with Crippen LogP contribution in [0.3, 0.4) is 0 Å². The Kier molecular flexibility index (Phi) is 5.17. The molecule has 3 aromatic rings. The molecule has 8 heteroatoms. The molecule has 0 bridgehead atoms. The van der Waals surface area contributed by atoms with Gasteiger partial charge >= 0.3 is 11.9 Å². The maximum atomic E-state index is 12.1. The fraction of sp³-hybridized carbons (Fsp3) is 0.250. The molecule has 146 valence electrons. The van der Waals surface area contributed by atoms with Gasteiger partial charge in [0, 0.05) is 17.7 Å². The van der Waals surface area contributed by atoms with E-state index < -0.39 is 24.0 Å². The van der Waals surface area contributed by atoms with Crippen LogP contribution in [0.25, 0.3) is 21.7 Å². The van der Waals surface area contributed by atoms with Crippen molar-refractivity contribution in [2.45, 2.75) is 32.9 Å². The molecule has 3 rings (SSSR count). The Morgan fingerprint density at radius 1 is 0.893 bits per heavy atom. The first-order valence-corrected chi connectivity index (χ1v) is 8.64. The van der Waals surface area contributed by atoms with Crippen LogP contribution in [0.15, 0.2) is 34.7 Å². The van der Waals surface area contributed by atoms with Gasteiger partial charge in [-0.1, -0.05) is 24.3 Å². The normalized spacial score (nSPS) is 13.3. The predicted octanol–water partition coefficient (Wildman–Crippen LogP) is 2.29. The van der Waals surface area contributed by atoms with Crippen LogP contribution in [0.4, 0.5) is 0 Å². The molecule has 28 heavy (non-hydrogen) atoms. The van der Waals surface area contributed by atoms with Gasteiger partial charge in [-0.2, -0.15) is 0 Å². The summed E-state index contributed by atoms with van der Waals surface area (Å²) < 4.78 is 16.6. The molecule has 0 aliphatic carbocycles. The third-order valence-corrected chi connectivity index (χ3v) is 4.10. The van der Waals surface area contributed by atoms with E-state index in [4.69, 9.17) is 25.4 Å². The van der Waals surface area contributed by atoms with Crippen molar-refractivity contribution in [3.05, 3.63) is 36.1 Å². The zero-order valence-electron chi connectivity index (χ0n) is 15.6. The number of Topliss-reactive ketones (excluding diaryl/α,β-unsaturated/α-hetero) is 1. The average molecular weight is 384 g/mol. The number of ketones is 1. The Morgan fingerprint density at radius 3 is 1.89 bits per heavy atom. The first-order valence-electron chi connectivity index (χ1n) is 8.64. The lowest BCUT2D eigenvalue weighted by molar-refractivity contribution is -0.136. The van der Waals surface area contributed by atoms with Gasteiger partial charge in [-0.15, -0.1) is 0 Å². The number of esters is 2. The molecule has 2 atom stereocenters. The van der Waals surface area contributed by atoms with Crippen molar-refractivity contribution >= 4 is 39.5 Å². The van der Waals surface area contributed by atoms with Crippen molar-refractivity contribution in [2.24, 2.45) is 11.5 Å². The molecule has 0 spiro atoms. The van der Waals surface area contributed by atoms with Crippen LogP contribution < -0.4 is 20.9 Å². The van der Waals surface area contributed by atoms with Crippen LogP contribution in [-0.2, 0) is 9.59 Å². The second-order valence-corrected chi connectivity index (χ2v) is 6.53. The van der Waals surface area contributed by atoms with Gasteiger partial charge in [-0.05, 0) is 19.9 Å². The third kappa shape index (κ3) is 3.47. The topological polar surface area (TPSA) is 135 Å². The highest BCUT2D eigenvalue weighted by Gasteiger charge is 2.26.